The zero-order valence-corrected chi connectivity index (χ0v) is 21.4. The van der Waals surface area contributed by atoms with E-state index in [9.17, 15) is 4.79 Å². The van der Waals surface area contributed by atoms with Gasteiger partial charge in [0.2, 0.25) is 0 Å². The van der Waals surface area contributed by atoms with E-state index in [1.54, 1.807) is 0 Å². The molecule has 196 valence electrons. The minimum Gasteiger partial charge on any atom is -0.379 e. The largest absolute Gasteiger partial charge is 0.379 e. The summed E-state index contributed by atoms with van der Waals surface area (Å²) >= 11 is 0. The molecule has 2 aromatic heterocycles. The molecular weight excluding hydrogens is 480 g/mol. The highest BCUT2D eigenvalue weighted by Gasteiger charge is 2.17. The SMILES string of the molecule is O=C(Nc1ccc(CN2CCOCC2)cc1)c1n[nH]c2ccc(-c3cncc(CN4CCOCC4)c3)cc12. The topological polar surface area (TPSA) is 95.6 Å². The molecule has 2 fully saturated rings. The van der Waals surface area contributed by atoms with Crippen LogP contribution in [0.1, 0.15) is 21.6 Å². The molecule has 0 atom stereocenters. The number of morpholine rings is 2. The van der Waals surface area contributed by atoms with E-state index < -0.39 is 0 Å². The van der Waals surface area contributed by atoms with Crippen LogP contribution in [0, 0.1) is 0 Å². The first kappa shape index (κ1) is 24.7. The molecule has 38 heavy (non-hydrogen) atoms. The van der Waals surface area contributed by atoms with E-state index >= 15 is 0 Å². The molecule has 0 aliphatic carbocycles. The van der Waals surface area contributed by atoms with Gasteiger partial charge in [-0.15, -0.1) is 0 Å². The lowest BCUT2D eigenvalue weighted by molar-refractivity contribution is 0.0341. The van der Waals surface area contributed by atoms with Gasteiger partial charge in [0.15, 0.2) is 5.69 Å². The highest BCUT2D eigenvalue weighted by Crippen LogP contribution is 2.26. The molecule has 0 radical (unpaired) electrons. The standard InChI is InChI=1S/C29H32N6O3/c36-29(31-25-4-1-21(2-5-25)19-34-7-11-37-12-8-34)28-26-16-23(3-6-27(26)32-33-28)24-15-22(17-30-18-24)20-35-9-13-38-14-10-35/h1-6,15-18H,7-14,19-20H2,(H,31,36)(H,32,33). The third kappa shape index (κ3) is 5.76. The lowest BCUT2D eigenvalue weighted by Gasteiger charge is -2.26. The maximum atomic E-state index is 13.2. The molecule has 2 aliphatic heterocycles. The van der Waals surface area contributed by atoms with Crippen LogP contribution in [0.25, 0.3) is 22.0 Å². The van der Waals surface area contributed by atoms with Crippen molar-refractivity contribution in [2.45, 2.75) is 13.1 Å². The van der Waals surface area contributed by atoms with Crippen molar-refractivity contribution in [3.8, 4) is 11.1 Å². The lowest BCUT2D eigenvalue weighted by atomic mass is 10.0. The van der Waals surface area contributed by atoms with Crippen LogP contribution in [0.2, 0.25) is 0 Å². The van der Waals surface area contributed by atoms with Crippen molar-refractivity contribution in [3.63, 3.8) is 0 Å². The van der Waals surface area contributed by atoms with Gasteiger partial charge in [-0.3, -0.25) is 24.7 Å². The van der Waals surface area contributed by atoms with Gasteiger partial charge in [-0.1, -0.05) is 18.2 Å². The molecule has 2 aromatic carbocycles. The number of nitrogens with zero attached hydrogens (tertiary/aromatic N) is 4. The summed E-state index contributed by atoms with van der Waals surface area (Å²) in [7, 11) is 0. The highest BCUT2D eigenvalue weighted by atomic mass is 16.5. The lowest BCUT2D eigenvalue weighted by Crippen LogP contribution is -2.35. The Morgan fingerprint density at radius 3 is 2.21 bits per heavy atom. The number of carbonyl (C=O) groups is 1. The molecule has 0 unspecified atom stereocenters. The normalized spacial score (nSPS) is 17.1. The summed E-state index contributed by atoms with van der Waals surface area (Å²) in [4.78, 5) is 22.4. The fourth-order valence-electron chi connectivity index (χ4n) is 5.02. The van der Waals surface area contributed by atoms with Gasteiger partial charge in [0.1, 0.15) is 0 Å². The number of hydrogen-bond acceptors (Lipinski definition) is 7. The monoisotopic (exact) mass is 512 g/mol. The molecule has 4 heterocycles. The molecule has 0 bridgehead atoms. The Morgan fingerprint density at radius 2 is 1.50 bits per heavy atom. The van der Waals surface area contributed by atoms with E-state index in [1.165, 1.54) is 5.56 Å². The molecule has 4 aromatic rings. The number of anilines is 1. The van der Waals surface area contributed by atoms with Crippen LogP contribution in [0.3, 0.4) is 0 Å². The maximum Gasteiger partial charge on any atom is 0.276 e. The van der Waals surface area contributed by atoms with Gasteiger partial charge >= 0.3 is 0 Å². The van der Waals surface area contributed by atoms with Crippen molar-refractivity contribution in [1.29, 1.82) is 0 Å². The van der Waals surface area contributed by atoms with Gasteiger partial charge in [-0.2, -0.15) is 5.10 Å². The van der Waals surface area contributed by atoms with E-state index in [2.05, 4.69) is 48.5 Å². The Balaban J connectivity index is 1.16. The van der Waals surface area contributed by atoms with Crippen LogP contribution < -0.4 is 5.32 Å². The fourth-order valence-corrected chi connectivity index (χ4v) is 5.02. The molecule has 9 heteroatoms. The van der Waals surface area contributed by atoms with Crippen LogP contribution in [0.5, 0.6) is 0 Å². The molecule has 2 aliphatic rings. The van der Waals surface area contributed by atoms with E-state index in [0.29, 0.717) is 5.69 Å². The Bertz CT molecular complexity index is 1390. The highest BCUT2D eigenvalue weighted by molar-refractivity contribution is 6.11. The number of ether oxygens (including phenoxy) is 2. The minimum atomic E-state index is -0.242. The zero-order chi connectivity index (χ0) is 25.7. The number of aromatic nitrogens is 3. The smallest absolute Gasteiger partial charge is 0.276 e. The van der Waals surface area contributed by atoms with Gasteiger partial charge < -0.3 is 14.8 Å². The number of pyridine rings is 1. The van der Waals surface area contributed by atoms with E-state index in [4.69, 9.17) is 9.47 Å². The number of benzene rings is 2. The second-order valence-electron chi connectivity index (χ2n) is 9.84. The molecule has 1 amide bonds. The average Bonchev–Trinajstić information content (AvgIpc) is 3.39. The first-order valence-corrected chi connectivity index (χ1v) is 13.1. The van der Waals surface area contributed by atoms with Gasteiger partial charge in [0.05, 0.1) is 31.9 Å². The van der Waals surface area contributed by atoms with Crippen LogP contribution in [0.15, 0.2) is 60.9 Å². The second-order valence-corrected chi connectivity index (χ2v) is 9.84. The summed E-state index contributed by atoms with van der Waals surface area (Å²) in [5.41, 5.74) is 6.32. The number of carbonyl (C=O) groups excluding carboxylic acids is 1. The Hall–Kier alpha value is -3.63. The summed E-state index contributed by atoms with van der Waals surface area (Å²) in [5, 5.41) is 11.1. The fraction of sp³-hybridized carbons (Fsp3) is 0.345. The molecule has 2 N–H and O–H groups in total. The Labute approximate surface area is 221 Å². The van der Waals surface area contributed by atoms with Gasteiger partial charge in [0, 0.05) is 68.3 Å². The van der Waals surface area contributed by atoms with Crippen molar-refractivity contribution in [2.75, 3.05) is 57.9 Å². The Kier molecular flexibility index (Phi) is 7.41. The van der Waals surface area contributed by atoms with Crippen LogP contribution in [-0.2, 0) is 22.6 Å². The third-order valence-electron chi connectivity index (χ3n) is 7.14. The van der Waals surface area contributed by atoms with Crippen molar-refractivity contribution >= 4 is 22.5 Å². The minimum absolute atomic E-state index is 0.242. The molecule has 6 rings (SSSR count). The molecule has 9 nitrogen and oxygen atoms in total. The maximum absolute atomic E-state index is 13.2. The van der Waals surface area contributed by atoms with Crippen LogP contribution >= 0.6 is 0 Å². The third-order valence-corrected chi connectivity index (χ3v) is 7.14. The summed E-state index contributed by atoms with van der Waals surface area (Å²) in [6.45, 7) is 8.58. The van der Waals surface area contributed by atoms with Crippen LogP contribution in [-0.4, -0.2) is 83.5 Å². The van der Waals surface area contributed by atoms with Crippen molar-refractivity contribution < 1.29 is 14.3 Å². The van der Waals surface area contributed by atoms with E-state index in [0.717, 1.165) is 99.0 Å². The zero-order valence-electron chi connectivity index (χ0n) is 21.4. The summed E-state index contributed by atoms with van der Waals surface area (Å²) in [5.74, 6) is -0.242. The summed E-state index contributed by atoms with van der Waals surface area (Å²) in [6.07, 6.45) is 3.78. The average molecular weight is 513 g/mol. The molecule has 0 spiro atoms. The number of H-pyrrole nitrogens is 1. The number of nitrogens with one attached hydrogen (secondary N) is 2. The molecule has 2 saturated heterocycles. The number of aromatic amines is 1. The first-order valence-electron chi connectivity index (χ1n) is 13.1. The predicted molar refractivity (Wildman–Crippen MR) is 146 cm³/mol. The van der Waals surface area contributed by atoms with Crippen LogP contribution in [0.4, 0.5) is 5.69 Å². The molecule has 0 saturated carbocycles. The first-order chi connectivity index (χ1) is 18.7. The quantitative estimate of drug-likeness (QED) is 0.391. The van der Waals surface area contributed by atoms with Gasteiger partial charge in [0.25, 0.3) is 5.91 Å². The number of fused-ring (bicyclic) bond motifs is 1. The van der Waals surface area contributed by atoms with Crippen molar-refractivity contribution in [3.05, 3.63) is 77.7 Å². The van der Waals surface area contributed by atoms with Crippen molar-refractivity contribution in [1.82, 2.24) is 25.0 Å². The van der Waals surface area contributed by atoms with Crippen molar-refractivity contribution in [2.24, 2.45) is 0 Å². The summed E-state index contributed by atoms with van der Waals surface area (Å²) < 4.78 is 10.9. The Morgan fingerprint density at radius 1 is 0.816 bits per heavy atom. The summed E-state index contributed by atoms with van der Waals surface area (Å²) in [6, 6.07) is 16.2. The number of rotatable bonds is 7. The number of amides is 1. The van der Waals surface area contributed by atoms with E-state index in [1.807, 2.05) is 42.7 Å². The molecular formula is C29H32N6O3. The van der Waals surface area contributed by atoms with E-state index in [-0.39, 0.29) is 5.91 Å². The van der Waals surface area contributed by atoms with Gasteiger partial charge in [-0.25, -0.2) is 0 Å². The second kappa shape index (κ2) is 11.4. The van der Waals surface area contributed by atoms with Gasteiger partial charge in [-0.05, 0) is 47.0 Å². The number of hydrogen-bond donors (Lipinski definition) is 2. The predicted octanol–water partition coefficient (Wildman–Crippen LogP) is 3.54.